The Kier molecular flexibility index (Phi) is 9.40. The summed E-state index contributed by atoms with van der Waals surface area (Å²) in [7, 11) is 0. The Morgan fingerprint density at radius 2 is 0.812 bits per heavy atom. The first-order chi connectivity index (χ1) is 31.2. The van der Waals surface area contributed by atoms with Gasteiger partial charge in [-0.25, -0.2) is 9.59 Å². The van der Waals surface area contributed by atoms with Crippen molar-refractivity contribution in [3.8, 4) is 0 Å². The zero-order chi connectivity index (χ0) is 44.0. The zero-order valence-corrected chi connectivity index (χ0v) is 36.1. The van der Waals surface area contributed by atoms with Gasteiger partial charge in [-0.15, -0.1) is 22.7 Å². The van der Waals surface area contributed by atoms with Crippen LogP contribution in [0.25, 0.3) is 83.4 Å². The summed E-state index contributed by atoms with van der Waals surface area (Å²) < 4.78 is 18.0. The van der Waals surface area contributed by atoms with Gasteiger partial charge in [0.15, 0.2) is 0 Å². The number of fused-ring (bicyclic) bond motifs is 4. The molecule has 0 aliphatic carbocycles. The van der Waals surface area contributed by atoms with E-state index < -0.39 is 46.3 Å². The second-order valence-electron chi connectivity index (χ2n) is 16.1. The molecule has 0 bridgehead atoms. The van der Waals surface area contributed by atoms with E-state index >= 15 is 0 Å². The molecule has 11 aromatic rings. The van der Waals surface area contributed by atoms with E-state index in [2.05, 4.69) is 12.1 Å². The molecule has 0 amide bonds. The second kappa shape index (κ2) is 15.2. The summed E-state index contributed by atoms with van der Waals surface area (Å²) in [6, 6.07) is 35.3. The first-order valence-electron chi connectivity index (χ1n) is 21.1. The molecular weight excluding hydrogens is 845 g/mol. The Balaban J connectivity index is 0.833. The minimum atomic E-state index is -0.760. The van der Waals surface area contributed by atoms with Crippen LogP contribution in [0.1, 0.15) is 59.5 Å². The van der Waals surface area contributed by atoms with Crippen molar-refractivity contribution in [1.29, 1.82) is 0 Å². The molecule has 2 unspecified atom stereocenters. The zero-order valence-electron chi connectivity index (χ0n) is 34.5. The van der Waals surface area contributed by atoms with Crippen molar-refractivity contribution in [2.45, 2.75) is 38.8 Å². The summed E-state index contributed by atoms with van der Waals surface area (Å²) in [6.07, 6.45) is 0.651. The van der Waals surface area contributed by atoms with E-state index in [1.54, 1.807) is 46.9 Å². The highest BCUT2D eigenvalue weighted by atomic mass is 32.1. The monoisotopic (exact) mass is 880 g/mol. The average molecular weight is 881 g/mol. The van der Waals surface area contributed by atoms with Crippen molar-refractivity contribution in [1.82, 2.24) is 9.13 Å². The molecule has 12 heteroatoms. The Bertz CT molecular complexity index is 3680. The number of esters is 2. The van der Waals surface area contributed by atoms with E-state index in [0.29, 0.717) is 45.2 Å². The van der Waals surface area contributed by atoms with Crippen molar-refractivity contribution in [2.24, 2.45) is 0 Å². The van der Waals surface area contributed by atoms with E-state index in [1.807, 2.05) is 74.5 Å². The lowest BCUT2D eigenvalue weighted by Crippen LogP contribution is -2.38. The normalized spacial score (nSPS) is 13.0. The van der Waals surface area contributed by atoms with Crippen LogP contribution in [-0.4, -0.2) is 34.3 Å². The van der Waals surface area contributed by atoms with Gasteiger partial charge < -0.3 is 9.47 Å². The fourth-order valence-corrected chi connectivity index (χ4v) is 11.7. The number of pyridine rings is 2. The fraction of sp³-hybridized carbons (Fsp3) is 0.154. The molecule has 64 heavy (non-hydrogen) atoms. The molecule has 314 valence electrons. The minimum Gasteiger partial charge on any atom is -0.460 e. The highest BCUT2D eigenvalue weighted by Gasteiger charge is 2.26. The maximum absolute atomic E-state index is 14.1. The van der Waals surface area contributed by atoms with E-state index in [9.17, 15) is 28.8 Å². The van der Waals surface area contributed by atoms with Crippen LogP contribution < -0.4 is 22.2 Å². The smallest absolute Gasteiger partial charge is 0.338 e. The number of hydrogen-bond donors (Lipinski definition) is 0. The van der Waals surface area contributed by atoms with Crippen molar-refractivity contribution >= 4 is 118 Å². The Hall–Kier alpha value is -7.28. The van der Waals surface area contributed by atoms with Crippen LogP contribution in [0.15, 0.2) is 141 Å². The van der Waals surface area contributed by atoms with Gasteiger partial charge in [0, 0.05) is 61.9 Å². The molecule has 0 aliphatic rings. The van der Waals surface area contributed by atoms with Gasteiger partial charge in [0.25, 0.3) is 22.2 Å². The third-order valence-corrected chi connectivity index (χ3v) is 14.9. The maximum Gasteiger partial charge on any atom is 0.338 e. The lowest BCUT2D eigenvalue weighted by atomic mass is 9.97. The van der Waals surface area contributed by atoms with E-state index in [1.165, 1.54) is 33.4 Å². The SMILES string of the molecule is CCC(COC(=O)c1cccc(C(=O)OCC(CC)n2c(=O)c3ccc4sc5ccccc5c5ccc(c2=O)c3c45)c1)n1c(=O)c2ccc3sc4ccccc4c4ccc(c1=O)c2c34. The molecule has 0 aliphatic heterocycles. The highest BCUT2D eigenvalue weighted by Crippen LogP contribution is 2.41. The molecular formula is C52H36N2O8S2. The van der Waals surface area contributed by atoms with Gasteiger partial charge in [-0.1, -0.05) is 68.4 Å². The molecule has 0 saturated carbocycles. The molecule has 2 atom stereocenters. The standard InChI is InChI=1S/C52H36N2O8S2/c1-3-29(53-47(55)35-18-16-33-31-12-5-7-14-39(31)63-41-22-20-37(49(53)57)43(35)45(33)41)25-61-51(59)27-10-9-11-28(24-27)52(60)62-26-30(4-2)54-48(56)36-19-17-34-32-13-6-8-15-40(32)64-42-23-21-38(50(54)58)44(36)46(34)42/h5-24,29-30H,3-4,25-26H2,1-2H3. The van der Waals surface area contributed by atoms with Crippen molar-refractivity contribution < 1.29 is 19.1 Å². The first kappa shape index (κ1) is 39.6. The van der Waals surface area contributed by atoms with Crippen molar-refractivity contribution in [2.75, 3.05) is 13.2 Å². The van der Waals surface area contributed by atoms with Gasteiger partial charge in [0.05, 0.1) is 23.2 Å². The molecule has 0 radical (unpaired) electrons. The number of hydrogen-bond acceptors (Lipinski definition) is 10. The summed E-state index contributed by atoms with van der Waals surface area (Å²) in [6.45, 7) is 3.11. The molecule has 10 nitrogen and oxygen atoms in total. The molecule has 0 spiro atoms. The molecule has 0 fully saturated rings. The average Bonchev–Trinajstić information content (AvgIpc) is 3.32. The third kappa shape index (κ3) is 5.96. The lowest BCUT2D eigenvalue weighted by Gasteiger charge is -2.20. The number of rotatable bonds is 10. The Morgan fingerprint density at radius 1 is 0.438 bits per heavy atom. The predicted molar refractivity (Wildman–Crippen MR) is 258 cm³/mol. The lowest BCUT2D eigenvalue weighted by molar-refractivity contribution is 0.0438. The number of benzene rings is 7. The van der Waals surface area contributed by atoms with E-state index in [-0.39, 0.29) is 24.3 Å². The van der Waals surface area contributed by atoms with Crippen LogP contribution in [-0.2, 0) is 9.47 Å². The predicted octanol–water partition coefficient (Wildman–Crippen LogP) is 10.6. The topological polar surface area (TPSA) is 131 Å². The van der Waals surface area contributed by atoms with Crippen LogP contribution in [0.3, 0.4) is 0 Å². The Labute approximate surface area is 370 Å². The number of carbonyl (C=O) groups is 2. The van der Waals surface area contributed by atoms with Crippen LogP contribution >= 0.6 is 22.7 Å². The molecule has 0 N–H and O–H groups in total. The molecule has 11 rings (SSSR count). The third-order valence-electron chi connectivity index (χ3n) is 12.7. The van der Waals surface area contributed by atoms with Gasteiger partial charge in [-0.05, 0) is 101 Å². The summed E-state index contributed by atoms with van der Waals surface area (Å²) in [4.78, 5) is 83.5. The fourth-order valence-electron chi connectivity index (χ4n) is 9.45. The first-order valence-corrected chi connectivity index (χ1v) is 22.7. The number of carbonyl (C=O) groups excluding carboxylic acids is 2. The summed E-state index contributed by atoms with van der Waals surface area (Å²) >= 11 is 3.23. The van der Waals surface area contributed by atoms with E-state index in [0.717, 1.165) is 51.1 Å². The maximum atomic E-state index is 14.1. The highest BCUT2D eigenvalue weighted by molar-refractivity contribution is 7.25. The quantitative estimate of drug-likeness (QED) is 0.0754. The van der Waals surface area contributed by atoms with Crippen LogP contribution in [0.4, 0.5) is 0 Å². The molecule has 0 saturated heterocycles. The summed E-state index contributed by atoms with van der Waals surface area (Å²) in [5, 5.41) is 8.76. The van der Waals surface area contributed by atoms with Gasteiger partial charge in [0.2, 0.25) is 0 Å². The van der Waals surface area contributed by atoms with Crippen LogP contribution in [0.2, 0.25) is 0 Å². The van der Waals surface area contributed by atoms with Gasteiger partial charge in [0.1, 0.15) is 13.2 Å². The van der Waals surface area contributed by atoms with Gasteiger partial charge in [-0.2, -0.15) is 0 Å². The second-order valence-corrected chi connectivity index (χ2v) is 18.3. The van der Waals surface area contributed by atoms with Gasteiger partial charge >= 0.3 is 11.9 Å². The summed E-state index contributed by atoms with van der Waals surface area (Å²) in [5.74, 6) is -1.51. The largest absolute Gasteiger partial charge is 0.460 e. The molecule has 4 heterocycles. The van der Waals surface area contributed by atoms with Crippen molar-refractivity contribution in [3.05, 3.63) is 174 Å². The summed E-state index contributed by atoms with van der Waals surface area (Å²) in [5.41, 5.74) is -1.68. The number of ether oxygens (including phenoxy) is 2. The molecule has 4 aromatic heterocycles. The minimum absolute atomic E-state index is 0.0637. The van der Waals surface area contributed by atoms with Crippen LogP contribution in [0, 0.1) is 0 Å². The Morgan fingerprint density at radius 3 is 1.22 bits per heavy atom. The van der Waals surface area contributed by atoms with E-state index in [4.69, 9.17) is 9.47 Å². The van der Waals surface area contributed by atoms with Gasteiger partial charge in [-0.3, -0.25) is 28.3 Å². The van der Waals surface area contributed by atoms with Crippen LogP contribution in [0.5, 0.6) is 0 Å². The number of nitrogens with zero attached hydrogens (tertiary/aromatic N) is 2. The molecule has 7 aromatic carbocycles. The number of aromatic nitrogens is 2. The van der Waals surface area contributed by atoms with Crippen molar-refractivity contribution in [3.63, 3.8) is 0 Å².